The fraction of sp³-hybridized carbons (Fsp3) is 0.538. The lowest BCUT2D eigenvalue weighted by molar-refractivity contribution is -0.263. The number of alkyl halides is 3. The van der Waals surface area contributed by atoms with Gasteiger partial charge in [0.1, 0.15) is 23.5 Å². The number of ether oxygens (including phenoxy) is 3. The van der Waals surface area contributed by atoms with Gasteiger partial charge in [0.05, 0.1) is 20.8 Å². The summed E-state index contributed by atoms with van der Waals surface area (Å²) in [6, 6.07) is 3.48. The van der Waals surface area contributed by atoms with E-state index in [1.54, 1.807) is 18.2 Å². The molecule has 2 aliphatic heterocycles. The third-order valence-corrected chi connectivity index (χ3v) is 7.59. The number of likely N-dealkylation sites (tertiary alicyclic amines) is 1. The fourth-order valence-corrected chi connectivity index (χ4v) is 5.33. The number of halogens is 3. The number of nitrogens with zero attached hydrogens (tertiary/aromatic N) is 1. The number of piperidine rings is 1. The molecule has 0 spiro atoms. The Bertz CT molecular complexity index is 1300. The Hall–Kier alpha value is -3.81. The molecule has 0 bridgehead atoms. The average molecular weight is 569 g/mol. The number of fused-ring (bicyclic) bond motifs is 1. The molecular formula is C26H31F3N4O7. The highest BCUT2D eigenvalue weighted by molar-refractivity contribution is 6.02. The van der Waals surface area contributed by atoms with Crippen molar-refractivity contribution in [2.75, 3.05) is 34.4 Å². The first-order chi connectivity index (χ1) is 18.9. The maximum Gasteiger partial charge on any atom is 0.419 e. The predicted octanol–water partition coefficient (Wildman–Crippen LogP) is 1.91. The van der Waals surface area contributed by atoms with Crippen molar-refractivity contribution in [1.29, 1.82) is 0 Å². The Balaban J connectivity index is 1.65. The number of aromatic amines is 1. The van der Waals surface area contributed by atoms with Gasteiger partial charge in [0.25, 0.3) is 5.91 Å². The summed E-state index contributed by atoms with van der Waals surface area (Å²) in [5.74, 6) is -3.19. The molecule has 218 valence electrons. The van der Waals surface area contributed by atoms with Crippen molar-refractivity contribution in [1.82, 2.24) is 20.5 Å². The Morgan fingerprint density at radius 3 is 2.60 bits per heavy atom. The number of benzene rings is 1. The van der Waals surface area contributed by atoms with E-state index in [2.05, 4.69) is 15.6 Å². The first-order valence-corrected chi connectivity index (χ1v) is 12.7. The quantitative estimate of drug-likeness (QED) is 0.414. The Morgan fingerprint density at radius 2 is 1.98 bits per heavy atom. The summed E-state index contributed by atoms with van der Waals surface area (Å²) in [5, 5.41) is 5.64. The van der Waals surface area contributed by atoms with Crippen LogP contribution < -0.4 is 15.4 Å². The van der Waals surface area contributed by atoms with E-state index in [4.69, 9.17) is 14.2 Å². The summed E-state index contributed by atoms with van der Waals surface area (Å²) in [4.78, 5) is 55.5. The molecule has 1 aromatic carbocycles. The topological polar surface area (TPSA) is 139 Å². The van der Waals surface area contributed by atoms with Gasteiger partial charge in [-0.15, -0.1) is 0 Å². The highest BCUT2D eigenvalue weighted by Gasteiger charge is 2.64. The number of aromatic nitrogens is 1. The number of nitrogens with one attached hydrogen (secondary N) is 3. The molecule has 2 aromatic rings. The lowest BCUT2D eigenvalue weighted by Gasteiger charge is -2.29. The van der Waals surface area contributed by atoms with Crippen LogP contribution in [-0.4, -0.2) is 91.9 Å². The van der Waals surface area contributed by atoms with Crippen LogP contribution in [0.1, 0.15) is 36.2 Å². The maximum atomic E-state index is 14.2. The molecule has 11 nitrogen and oxygen atoms in total. The Kier molecular flexibility index (Phi) is 8.28. The molecule has 4 atom stereocenters. The summed E-state index contributed by atoms with van der Waals surface area (Å²) in [7, 11) is 3.40. The van der Waals surface area contributed by atoms with E-state index in [0.717, 1.165) is 19.1 Å². The van der Waals surface area contributed by atoms with Crippen molar-refractivity contribution in [3.05, 3.63) is 30.0 Å². The zero-order valence-corrected chi connectivity index (χ0v) is 22.2. The van der Waals surface area contributed by atoms with Crippen LogP contribution in [0, 0.1) is 5.92 Å². The normalized spacial score (nSPS) is 23.9. The third kappa shape index (κ3) is 5.44. The van der Waals surface area contributed by atoms with Crippen molar-refractivity contribution in [2.24, 2.45) is 5.92 Å². The van der Waals surface area contributed by atoms with Crippen LogP contribution in [0.3, 0.4) is 0 Å². The van der Waals surface area contributed by atoms with E-state index in [9.17, 15) is 32.3 Å². The Morgan fingerprint density at radius 1 is 1.23 bits per heavy atom. The summed E-state index contributed by atoms with van der Waals surface area (Å²) in [6.45, 7) is -0.468. The van der Waals surface area contributed by atoms with Gasteiger partial charge in [-0.1, -0.05) is 6.07 Å². The number of carbonyl (C=O) groups excluding carboxylic acids is 4. The molecule has 4 rings (SSSR count). The SMILES string of the molecule is COC(=O)[C@H](C[C@@H]1CCCNC1=O)NC(=O)[C@@H]1C[C@@](OC)(C(F)(F)F)CN1C(=O)c1cc2c(OC)cccc2[nH]1. The van der Waals surface area contributed by atoms with Gasteiger partial charge in [-0.2, -0.15) is 13.2 Å². The molecule has 2 aliphatic rings. The summed E-state index contributed by atoms with van der Waals surface area (Å²) >= 11 is 0. The van der Waals surface area contributed by atoms with E-state index in [1.807, 2.05) is 0 Å². The predicted molar refractivity (Wildman–Crippen MR) is 134 cm³/mol. The van der Waals surface area contributed by atoms with Crippen LogP contribution in [0.25, 0.3) is 10.9 Å². The number of amides is 3. The van der Waals surface area contributed by atoms with E-state index in [-0.39, 0.29) is 18.0 Å². The number of rotatable bonds is 8. The molecule has 40 heavy (non-hydrogen) atoms. The third-order valence-electron chi connectivity index (χ3n) is 7.59. The second-order valence-corrected chi connectivity index (χ2v) is 9.90. The first kappa shape index (κ1) is 29.2. The van der Waals surface area contributed by atoms with Crippen molar-refractivity contribution in [2.45, 2.75) is 49.5 Å². The van der Waals surface area contributed by atoms with Crippen LogP contribution in [0.2, 0.25) is 0 Å². The van der Waals surface area contributed by atoms with Crippen LogP contribution in [0.4, 0.5) is 13.2 Å². The van der Waals surface area contributed by atoms with E-state index in [0.29, 0.717) is 36.0 Å². The Labute approximate surface area is 227 Å². The van der Waals surface area contributed by atoms with Crippen LogP contribution in [-0.2, 0) is 23.9 Å². The second kappa shape index (κ2) is 11.4. The second-order valence-electron chi connectivity index (χ2n) is 9.90. The van der Waals surface area contributed by atoms with Gasteiger partial charge < -0.3 is 34.7 Å². The molecule has 14 heteroatoms. The molecule has 2 fully saturated rings. The van der Waals surface area contributed by atoms with E-state index >= 15 is 0 Å². The molecule has 3 heterocycles. The largest absolute Gasteiger partial charge is 0.496 e. The lowest BCUT2D eigenvalue weighted by atomic mass is 9.91. The zero-order chi connectivity index (χ0) is 29.2. The number of esters is 1. The summed E-state index contributed by atoms with van der Waals surface area (Å²) < 4.78 is 57.6. The number of H-pyrrole nitrogens is 1. The van der Waals surface area contributed by atoms with Gasteiger partial charge in [0, 0.05) is 36.9 Å². The maximum absolute atomic E-state index is 14.2. The molecule has 0 saturated carbocycles. The van der Waals surface area contributed by atoms with Gasteiger partial charge in [-0.3, -0.25) is 14.4 Å². The number of carbonyl (C=O) groups is 4. The standard InChI is InChI=1S/C26H31F3N4O7/c1-38-20-8-4-7-16-15(20)11-17(31-16)23(36)33-13-25(40-3,26(27,28)29)12-19(33)22(35)32-18(24(37)39-2)10-14-6-5-9-30-21(14)34/h4,7-8,11,14,18-19,31H,5-6,9-10,12-13H2,1-3H3,(H,30,34)(H,32,35)/t14-,18-,19-,25-/m0/s1. The van der Waals surface area contributed by atoms with Gasteiger partial charge in [0.15, 0.2) is 5.60 Å². The minimum Gasteiger partial charge on any atom is -0.496 e. The zero-order valence-electron chi connectivity index (χ0n) is 22.2. The van der Waals surface area contributed by atoms with Crippen LogP contribution in [0.15, 0.2) is 24.3 Å². The monoisotopic (exact) mass is 568 g/mol. The van der Waals surface area contributed by atoms with Gasteiger partial charge in [-0.05, 0) is 37.5 Å². The number of hydrogen-bond acceptors (Lipinski definition) is 7. The molecule has 1 aromatic heterocycles. The van der Waals surface area contributed by atoms with Crippen LogP contribution in [0.5, 0.6) is 5.75 Å². The van der Waals surface area contributed by atoms with Crippen molar-refractivity contribution >= 4 is 34.6 Å². The summed E-state index contributed by atoms with van der Waals surface area (Å²) in [6.07, 6.45) is -4.79. The van der Waals surface area contributed by atoms with Gasteiger partial charge >= 0.3 is 12.1 Å². The first-order valence-electron chi connectivity index (χ1n) is 12.7. The number of hydrogen-bond donors (Lipinski definition) is 3. The number of methoxy groups -OCH3 is 3. The lowest BCUT2D eigenvalue weighted by Crippen LogP contribution is -2.52. The van der Waals surface area contributed by atoms with Gasteiger partial charge in [-0.25, -0.2) is 4.79 Å². The summed E-state index contributed by atoms with van der Waals surface area (Å²) in [5.41, 5.74) is -2.37. The fourth-order valence-electron chi connectivity index (χ4n) is 5.33. The van der Waals surface area contributed by atoms with Crippen LogP contribution >= 0.6 is 0 Å². The molecule has 0 radical (unpaired) electrons. The van der Waals surface area contributed by atoms with Gasteiger partial charge in [0.2, 0.25) is 11.8 Å². The minimum atomic E-state index is -4.92. The molecule has 3 amide bonds. The van der Waals surface area contributed by atoms with Crippen molar-refractivity contribution in [3.8, 4) is 5.75 Å². The minimum absolute atomic E-state index is 0.0604. The highest BCUT2D eigenvalue weighted by Crippen LogP contribution is 2.43. The molecular weight excluding hydrogens is 537 g/mol. The van der Waals surface area contributed by atoms with E-state index in [1.165, 1.54) is 13.2 Å². The average Bonchev–Trinajstić information content (AvgIpc) is 3.56. The van der Waals surface area contributed by atoms with E-state index < -0.39 is 60.5 Å². The van der Waals surface area contributed by atoms with Crippen molar-refractivity contribution < 1.29 is 46.6 Å². The molecule has 3 N–H and O–H groups in total. The molecule has 2 saturated heterocycles. The van der Waals surface area contributed by atoms with Crippen molar-refractivity contribution in [3.63, 3.8) is 0 Å². The highest BCUT2D eigenvalue weighted by atomic mass is 19.4. The smallest absolute Gasteiger partial charge is 0.419 e. The molecule has 0 aliphatic carbocycles. The molecule has 0 unspecified atom stereocenters.